The first-order chi connectivity index (χ1) is 13.7. The van der Waals surface area contributed by atoms with E-state index in [1.807, 2.05) is 24.3 Å². The van der Waals surface area contributed by atoms with Crippen molar-refractivity contribution in [3.63, 3.8) is 0 Å². The summed E-state index contributed by atoms with van der Waals surface area (Å²) in [7, 11) is 0. The van der Waals surface area contributed by atoms with Gasteiger partial charge < -0.3 is 0 Å². The Bertz CT molecular complexity index is 1070. The van der Waals surface area contributed by atoms with Gasteiger partial charge in [0.05, 0.1) is 0 Å². The monoisotopic (exact) mass is 360 g/mol. The van der Waals surface area contributed by atoms with Gasteiger partial charge in [-0.15, -0.1) is 0 Å². The fourth-order valence-electron chi connectivity index (χ4n) is 2.83. The molecular formula is C28H24. The maximum Gasteiger partial charge on any atom is 0.0411 e. The van der Waals surface area contributed by atoms with Crippen LogP contribution in [0, 0.1) is 23.7 Å². The molecule has 0 heterocycles. The molecule has 0 aliphatic heterocycles. The van der Waals surface area contributed by atoms with Crippen LogP contribution in [-0.2, 0) is 12.8 Å². The molecule has 0 nitrogen and oxygen atoms in total. The highest BCUT2D eigenvalue weighted by atomic mass is 14.0. The minimum atomic E-state index is 0.926. The molecule has 3 aromatic rings. The number of rotatable bonds is 3. The first-order valence-corrected chi connectivity index (χ1v) is 9.70. The summed E-state index contributed by atoms with van der Waals surface area (Å²) in [5.41, 5.74) is 7.57. The third-order valence-electron chi connectivity index (χ3n) is 4.69. The van der Waals surface area contributed by atoms with E-state index in [0.717, 1.165) is 40.7 Å². The van der Waals surface area contributed by atoms with Gasteiger partial charge in [-0.3, -0.25) is 0 Å². The standard InChI is InChI=1S/C28H24/c1-4-22-7-11-25(12-8-22)16-19-27-18-15-24(6-3)21-28(27)20-17-26-13-9-23(5-2)10-14-26/h6-15,18,21H,3-5H2,1-2H3. The molecule has 136 valence electrons. The van der Waals surface area contributed by atoms with Crippen molar-refractivity contribution in [2.75, 3.05) is 0 Å². The molecule has 0 saturated heterocycles. The topological polar surface area (TPSA) is 0 Å². The van der Waals surface area contributed by atoms with E-state index < -0.39 is 0 Å². The molecule has 0 aliphatic rings. The van der Waals surface area contributed by atoms with Crippen LogP contribution in [0.3, 0.4) is 0 Å². The van der Waals surface area contributed by atoms with E-state index in [1.165, 1.54) is 11.1 Å². The molecule has 0 radical (unpaired) electrons. The van der Waals surface area contributed by atoms with Crippen LogP contribution >= 0.6 is 0 Å². The Morgan fingerprint density at radius 1 is 0.643 bits per heavy atom. The number of aryl methyl sites for hydroxylation is 2. The molecule has 0 unspecified atom stereocenters. The molecule has 0 saturated carbocycles. The Morgan fingerprint density at radius 2 is 1.14 bits per heavy atom. The summed E-state index contributed by atoms with van der Waals surface area (Å²) in [6.45, 7) is 8.18. The van der Waals surface area contributed by atoms with Crippen LogP contribution in [0.25, 0.3) is 6.08 Å². The summed E-state index contributed by atoms with van der Waals surface area (Å²) < 4.78 is 0. The van der Waals surface area contributed by atoms with Gasteiger partial charge in [0.15, 0.2) is 0 Å². The number of hydrogen-bond donors (Lipinski definition) is 0. The maximum absolute atomic E-state index is 3.86. The predicted octanol–water partition coefficient (Wildman–Crippen LogP) is 6.25. The van der Waals surface area contributed by atoms with Crippen LogP contribution in [-0.4, -0.2) is 0 Å². The molecule has 0 amide bonds. The highest BCUT2D eigenvalue weighted by molar-refractivity contribution is 5.60. The van der Waals surface area contributed by atoms with Crippen molar-refractivity contribution in [1.29, 1.82) is 0 Å². The zero-order chi connectivity index (χ0) is 19.8. The summed E-state index contributed by atoms with van der Waals surface area (Å²) in [4.78, 5) is 0. The summed E-state index contributed by atoms with van der Waals surface area (Å²) in [5.74, 6) is 13.1. The van der Waals surface area contributed by atoms with Crippen LogP contribution in [0.5, 0.6) is 0 Å². The van der Waals surface area contributed by atoms with Gasteiger partial charge in [-0.2, -0.15) is 0 Å². The van der Waals surface area contributed by atoms with E-state index in [1.54, 1.807) is 0 Å². The molecule has 0 aromatic heterocycles. The van der Waals surface area contributed by atoms with Crippen molar-refractivity contribution in [2.45, 2.75) is 26.7 Å². The lowest BCUT2D eigenvalue weighted by Crippen LogP contribution is -1.87. The molecule has 0 heteroatoms. The predicted molar refractivity (Wildman–Crippen MR) is 120 cm³/mol. The third kappa shape index (κ3) is 5.03. The SMILES string of the molecule is C=Cc1ccc(C#Cc2ccc(CC)cc2)c(C#Cc2ccc(CC)cc2)c1. The summed E-state index contributed by atoms with van der Waals surface area (Å²) >= 11 is 0. The number of hydrogen-bond acceptors (Lipinski definition) is 0. The zero-order valence-corrected chi connectivity index (χ0v) is 16.5. The van der Waals surface area contributed by atoms with Crippen LogP contribution in [0.2, 0.25) is 0 Å². The first-order valence-electron chi connectivity index (χ1n) is 9.70. The van der Waals surface area contributed by atoms with Crippen molar-refractivity contribution in [3.05, 3.63) is 112 Å². The second-order valence-electron chi connectivity index (χ2n) is 6.61. The normalized spacial score (nSPS) is 9.64. The van der Waals surface area contributed by atoms with Gasteiger partial charge in [0.2, 0.25) is 0 Å². The lowest BCUT2D eigenvalue weighted by molar-refractivity contribution is 1.14. The Kier molecular flexibility index (Phi) is 6.51. The first kappa shape index (κ1) is 19.3. The molecule has 0 N–H and O–H groups in total. The molecule has 28 heavy (non-hydrogen) atoms. The van der Waals surface area contributed by atoms with Crippen molar-refractivity contribution in [2.24, 2.45) is 0 Å². The fraction of sp³-hybridized carbons (Fsp3) is 0.143. The van der Waals surface area contributed by atoms with E-state index in [0.29, 0.717) is 0 Å². The summed E-state index contributed by atoms with van der Waals surface area (Å²) in [5, 5.41) is 0. The minimum absolute atomic E-state index is 0.926. The third-order valence-corrected chi connectivity index (χ3v) is 4.69. The van der Waals surface area contributed by atoms with Gasteiger partial charge in [0, 0.05) is 22.3 Å². The second-order valence-corrected chi connectivity index (χ2v) is 6.61. The van der Waals surface area contributed by atoms with Gasteiger partial charge in [-0.1, -0.05) is 80.5 Å². The Morgan fingerprint density at radius 3 is 1.61 bits per heavy atom. The minimum Gasteiger partial charge on any atom is -0.0985 e. The quantitative estimate of drug-likeness (QED) is 0.484. The van der Waals surface area contributed by atoms with Gasteiger partial charge in [-0.05, 0) is 65.9 Å². The van der Waals surface area contributed by atoms with Crippen molar-refractivity contribution < 1.29 is 0 Å². The van der Waals surface area contributed by atoms with E-state index in [-0.39, 0.29) is 0 Å². The smallest absolute Gasteiger partial charge is 0.0411 e. The molecular weight excluding hydrogens is 336 g/mol. The molecule has 3 aromatic carbocycles. The molecule has 3 rings (SSSR count). The average Bonchev–Trinajstić information content (AvgIpc) is 2.77. The second kappa shape index (κ2) is 9.45. The summed E-state index contributed by atoms with van der Waals surface area (Å²) in [6.07, 6.45) is 3.91. The van der Waals surface area contributed by atoms with Gasteiger partial charge in [0.1, 0.15) is 0 Å². The highest BCUT2D eigenvalue weighted by Gasteiger charge is 1.99. The molecule has 0 bridgehead atoms. The fourth-order valence-corrected chi connectivity index (χ4v) is 2.83. The van der Waals surface area contributed by atoms with Crippen molar-refractivity contribution >= 4 is 6.08 Å². The largest absolute Gasteiger partial charge is 0.0985 e. The Labute approximate surface area is 169 Å². The average molecular weight is 361 g/mol. The molecule has 0 atom stereocenters. The highest BCUT2D eigenvalue weighted by Crippen LogP contribution is 2.13. The van der Waals surface area contributed by atoms with Crippen LogP contribution in [0.4, 0.5) is 0 Å². The van der Waals surface area contributed by atoms with E-state index in [9.17, 15) is 0 Å². The van der Waals surface area contributed by atoms with Crippen molar-refractivity contribution in [1.82, 2.24) is 0 Å². The van der Waals surface area contributed by atoms with E-state index >= 15 is 0 Å². The number of benzene rings is 3. The van der Waals surface area contributed by atoms with E-state index in [2.05, 4.69) is 92.6 Å². The van der Waals surface area contributed by atoms with Crippen LogP contribution < -0.4 is 0 Å². The lowest BCUT2D eigenvalue weighted by atomic mass is 10.0. The van der Waals surface area contributed by atoms with E-state index in [4.69, 9.17) is 0 Å². The van der Waals surface area contributed by atoms with Gasteiger partial charge >= 0.3 is 0 Å². The maximum atomic E-state index is 3.86. The van der Waals surface area contributed by atoms with Crippen molar-refractivity contribution in [3.8, 4) is 23.7 Å². The molecule has 0 spiro atoms. The van der Waals surface area contributed by atoms with Crippen LogP contribution in [0.1, 0.15) is 52.8 Å². The lowest BCUT2D eigenvalue weighted by Gasteiger charge is -2.00. The molecule has 0 aliphatic carbocycles. The zero-order valence-electron chi connectivity index (χ0n) is 16.5. The van der Waals surface area contributed by atoms with Crippen LogP contribution in [0.15, 0.2) is 73.3 Å². The summed E-state index contributed by atoms with van der Waals surface area (Å²) in [6, 6.07) is 22.9. The van der Waals surface area contributed by atoms with Gasteiger partial charge in [-0.25, -0.2) is 0 Å². The Hall–Kier alpha value is -3.48. The molecule has 0 fully saturated rings. The Balaban J connectivity index is 1.93. The van der Waals surface area contributed by atoms with Gasteiger partial charge in [0.25, 0.3) is 0 Å².